The normalized spacial score (nSPS) is 34.3. The third-order valence-corrected chi connectivity index (χ3v) is 3.66. The van der Waals surface area contributed by atoms with Crippen molar-refractivity contribution in [3.63, 3.8) is 0 Å². The average molecular weight is 226 g/mol. The van der Waals surface area contributed by atoms with Crippen LogP contribution in [0.4, 0.5) is 0 Å². The van der Waals surface area contributed by atoms with Crippen molar-refractivity contribution in [1.82, 2.24) is 10.2 Å². The van der Waals surface area contributed by atoms with Crippen molar-refractivity contribution in [1.29, 1.82) is 0 Å². The van der Waals surface area contributed by atoms with E-state index in [1.54, 1.807) is 4.90 Å². The molecule has 2 saturated heterocycles. The molecule has 16 heavy (non-hydrogen) atoms. The van der Waals surface area contributed by atoms with E-state index in [9.17, 15) is 9.59 Å². The summed E-state index contributed by atoms with van der Waals surface area (Å²) in [6, 6.07) is -0.428. The van der Waals surface area contributed by atoms with Crippen molar-refractivity contribution in [3.05, 3.63) is 0 Å². The molecule has 0 aromatic heterocycles. The van der Waals surface area contributed by atoms with Crippen LogP contribution in [0.15, 0.2) is 0 Å². The Kier molecular flexibility index (Phi) is 3.14. The largest absolute Gasteiger partial charge is 0.480 e. The Morgan fingerprint density at radius 2 is 2.12 bits per heavy atom. The van der Waals surface area contributed by atoms with Crippen molar-refractivity contribution in [2.45, 2.75) is 38.3 Å². The number of carbonyl (C=O) groups excluding carboxylic acids is 1. The maximum Gasteiger partial charge on any atom is 0.326 e. The zero-order chi connectivity index (χ0) is 11.7. The highest BCUT2D eigenvalue weighted by molar-refractivity contribution is 5.86. The molecule has 2 N–H and O–H groups in total. The summed E-state index contributed by atoms with van der Waals surface area (Å²) in [5.41, 5.74) is 0. The lowest BCUT2D eigenvalue weighted by molar-refractivity contribution is -0.150. The first-order valence-corrected chi connectivity index (χ1v) is 5.88. The molecular formula is C11H18N2O3. The molecule has 0 bridgehead atoms. The summed E-state index contributed by atoms with van der Waals surface area (Å²) >= 11 is 0. The molecule has 2 aliphatic heterocycles. The zero-order valence-electron chi connectivity index (χ0n) is 9.48. The predicted molar refractivity (Wildman–Crippen MR) is 57.9 cm³/mol. The molecule has 0 spiro atoms. The highest BCUT2D eigenvalue weighted by Gasteiger charge is 2.39. The van der Waals surface area contributed by atoms with Crippen molar-refractivity contribution < 1.29 is 14.7 Å². The van der Waals surface area contributed by atoms with E-state index in [4.69, 9.17) is 5.11 Å². The van der Waals surface area contributed by atoms with Gasteiger partial charge in [0.15, 0.2) is 0 Å². The van der Waals surface area contributed by atoms with Gasteiger partial charge in [-0.3, -0.25) is 4.79 Å². The fraction of sp³-hybridized carbons (Fsp3) is 0.818. The molecule has 0 saturated carbocycles. The van der Waals surface area contributed by atoms with Crippen LogP contribution >= 0.6 is 0 Å². The van der Waals surface area contributed by atoms with Gasteiger partial charge in [-0.25, -0.2) is 4.79 Å². The Labute approximate surface area is 94.8 Å². The first-order valence-electron chi connectivity index (χ1n) is 5.88. The predicted octanol–water partition coefficient (Wildman–Crippen LogP) is 0.0600. The lowest BCUT2D eigenvalue weighted by Crippen LogP contribution is -2.45. The molecule has 5 nitrogen and oxygen atoms in total. The van der Waals surface area contributed by atoms with E-state index in [2.05, 4.69) is 5.32 Å². The lowest BCUT2D eigenvalue weighted by Gasteiger charge is -2.26. The summed E-state index contributed by atoms with van der Waals surface area (Å²) in [7, 11) is 0. The van der Waals surface area contributed by atoms with Crippen LogP contribution < -0.4 is 5.32 Å². The molecule has 5 heteroatoms. The number of hydrogen-bond acceptors (Lipinski definition) is 3. The number of carbonyl (C=O) groups is 2. The molecule has 3 atom stereocenters. The van der Waals surface area contributed by atoms with Crippen LogP contribution in [0, 0.1) is 5.92 Å². The average Bonchev–Trinajstić information content (AvgIpc) is 2.84. The summed E-state index contributed by atoms with van der Waals surface area (Å²) in [4.78, 5) is 24.8. The van der Waals surface area contributed by atoms with Gasteiger partial charge in [-0.05, 0) is 32.7 Å². The number of likely N-dealkylation sites (tertiary alicyclic amines) is 1. The molecule has 0 aromatic carbocycles. The fourth-order valence-corrected chi connectivity index (χ4v) is 2.70. The number of amides is 1. The first-order chi connectivity index (χ1) is 7.61. The van der Waals surface area contributed by atoms with Gasteiger partial charge in [0.25, 0.3) is 0 Å². The lowest BCUT2D eigenvalue weighted by atomic mass is 10.00. The standard InChI is InChI=1S/C11H18N2O3/c1-7-8(4-5-12-7)10(14)13-6-2-3-9(13)11(15)16/h7-9,12H,2-6H2,1H3,(H,15,16). The third kappa shape index (κ3) is 1.91. The minimum Gasteiger partial charge on any atom is -0.480 e. The van der Waals surface area contributed by atoms with Crippen LogP contribution in [-0.4, -0.2) is 47.1 Å². The molecule has 0 aromatic rings. The third-order valence-electron chi connectivity index (χ3n) is 3.66. The van der Waals surface area contributed by atoms with Crippen LogP contribution in [0.25, 0.3) is 0 Å². The summed E-state index contributed by atoms with van der Waals surface area (Å²) in [5.74, 6) is -0.896. The Morgan fingerprint density at radius 1 is 1.38 bits per heavy atom. The van der Waals surface area contributed by atoms with Gasteiger partial charge in [-0.15, -0.1) is 0 Å². The van der Waals surface area contributed by atoms with E-state index in [0.29, 0.717) is 13.0 Å². The molecule has 2 rings (SSSR count). The summed E-state index contributed by atoms with van der Waals surface area (Å²) in [6.07, 6.45) is 2.22. The molecule has 0 aliphatic carbocycles. The number of aliphatic carboxylic acids is 1. The van der Waals surface area contributed by atoms with Gasteiger partial charge in [-0.1, -0.05) is 0 Å². The van der Waals surface area contributed by atoms with Crippen molar-refractivity contribution in [2.24, 2.45) is 5.92 Å². The van der Waals surface area contributed by atoms with Crippen LogP contribution in [0.2, 0.25) is 0 Å². The number of carboxylic acid groups (broad SMARTS) is 1. The quantitative estimate of drug-likeness (QED) is 0.698. The fourth-order valence-electron chi connectivity index (χ4n) is 2.70. The molecule has 0 radical (unpaired) electrons. The first kappa shape index (κ1) is 11.4. The summed E-state index contributed by atoms with van der Waals surface area (Å²) in [5, 5.41) is 12.3. The van der Waals surface area contributed by atoms with Gasteiger partial charge in [0.05, 0.1) is 5.92 Å². The number of rotatable bonds is 2. The van der Waals surface area contributed by atoms with Crippen LogP contribution in [-0.2, 0) is 9.59 Å². The van der Waals surface area contributed by atoms with E-state index >= 15 is 0 Å². The van der Waals surface area contributed by atoms with E-state index in [1.807, 2.05) is 6.92 Å². The van der Waals surface area contributed by atoms with Crippen LogP contribution in [0.5, 0.6) is 0 Å². The van der Waals surface area contributed by atoms with E-state index in [1.165, 1.54) is 0 Å². The van der Waals surface area contributed by atoms with Gasteiger partial charge in [0.1, 0.15) is 6.04 Å². The second-order valence-electron chi connectivity index (χ2n) is 4.67. The second kappa shape index (κ2) is 4.41. The number of nitrogens with one attached hydrogen (secondary N) is 1. The van der Waals surface area contributed by atoms with Crippen LogP contribution in [0.1, 0.15) is 26.2 Å². The minimum atomic E-state index is -0.871. The van der Waals surface area contributed by atoms with E-state index < -0.39 is 12.0 Å². The van der Waals surface area contributed by atoms with Gasteiger partial charge >= 0.3 is 5.97 Å². The molecule has 3 unspecified atom stereocenters. The van der Waals surface area contributed by atoms with Crippen molar-refractivity contribution in [3.8, 4) is 0 Å². The second-order valence-corrected chi connectivity index (χ2v) is 4.67. The van der Waals surface area contributed by atoms with Crippen molar-refractivity contribution >= 4 is 11.9 Å². The number of carboxylic acids is 1. The highest BCUT2D eigenvalue weighted by Crippen LogP contribution is 2.24. The number of nitrogens with zero attached hydrogens (tertiary/aromatic N) is 1. The topological polar surface area (TPSA) is 69.6 Å². The van der Waals surface area contributed by atoms with E-state index in [-0.39, 0.29) is 17.9 Å². The monoisotopic (exact) mass is 226 g/mol. The molecule has 90 valence electrons. The van der Waals surface area contributed by atoms with Crippen molar-refractivity contribution in [2.75, 3.05) is 13.1 Å². The molecule has 1 amide bonds. The van der Waals surface area contributed by atoms with E-state index in [0.717, 1.165) is 19.4 Å². The highest BCUT2D eigenvalue weighted by atomic mass is 16.4. The number of hydrogen-bond donors (Lipinski definition) is 2. The molecule has 2 fully saturated rings. The zero-order valence-corrected chi connectivity index (χ0v) is 9.48. The maximum absolute atomic E-state index is 12.2. The SMILES string of the molecule is CC1NCCC1C(=O)N1CCCC1C(=O)O. The Hall–Kier alpha value is -1.10. The Morgan fingerprint density at radius 3 is 2.69 bits per heavy atom. The Balaban J connectivity index is 2.06. The van der Waals surface area contributed by atoms with Gasteiger partial charge < -0.3 is 15.3 Å². The molecular weight excluding hydrogens is 208 g/mol. The summed E-state index contributed by atoms with van der Waals surface area (Å²) < 4.78 is 0. The van der Waals surface area contributed by atoms with Crippen LogP contribution in [0.3, 0.4) is 0 Å². The van der Waals surface area contributed by atoms with Gasteiger partial charge in [-0.2, -0.15) is 0 Å². The van der Waals surface area contributed by atoms with Gasteiger partial charge in [0.2, 0.25) is 5.91 Å². The van der Waals surface area contributed by atoms with Gasteiger partial charge in [0, 0.05) is 12.6 Å². The molecule has 2 heterocycles. The maximum atomic E-state index is 12.2. The Bertz CT molecular complexity index is 306. The summed E-state index contributed by atoms with van der Waals surface area (Å²) in [6.45, 7) is 3.43. The minimum absolute atomic E-state index is 0.0161. The molecule has 2 aliphatic rings. The smallest absolute Gasteiger partial charge is 0.326 e.